The first kappa shape index (κ1) is 13.2. The molecular weight excluding hydrogens is 280 g/mol. The lowest BCUT2D eigenvalue weighted by atomic mass is 9.92. The van der Waals surface area contributed by atoms with Crippen molar-refractivity contribution in [3.63, 3.8) is 0 Å². The molecular formula is C16H16N4O2. The first-order valence-electron chi connectivity index (χ1n) is 7.42. The van der Waals surface area contributed by atoms with Crippen molar-refractivity contribution >= 4 is 32.8 Å². The molecule has 0 saturated carbocycles. The van der Waals surface area contributed by atoms with E-state index in [4.69, 9.17) is 9.26 Å². The topological polar surface area (TPSA) is 77.8 Å². The lowest BCUT2D eigenvalue weighted by Gasteiger charge is -2.11. The Balaban J connectivity index is 2.27. The van der Waals surface area contributed by atoms with Gasteiger partial charge in [-0.2, -0.15) is 0 Å². The minimum Gasteiger partial charge on any atom is -0.243 e. The van der Waals surface area contributed by atoms with Crippen LogP contribution >= 0.6 is 0 Å². The molecule has 2 aromatic heterocycles. The van der Waals surface area contributed by atoms with Gasteiger partial charge in [-0.1, -0.05) is 27.7 Å². The molecule has 0 unspecified atom stereocenters. The van der Waals surface area contributed by atoms with Crippen molar-refractivity contribution in [2.45, 2.75) is 39.5 Å². The molecule has 4 rings (SSSR count). The van der Waals surface area contributed by atoms with Crippen LogP contribution in [0.4, 0.5) is 0 Å². The number of aromatic nitrogens is 4. The largest absolute Gasteiger partial charge is 0.243 e. The molecule has 6 heteroatoms. The van der Waals surface area contributed by atoms with Gasteiger partial charge in [0.05, 0.1) is 0 Å². The Hall–Kier alpha value is -2.50. The van der Waals surface area contributed by atoms with Crippen LogP contribution in [-0.4, -0.2) is 20.6 Å². The van der Waals surface area contributed by atoms with Crippen LogP contribution in [0.3, 0.4) is 0 Å². The van der Waals surface area contributed by atoms with Crippen LogP contribution in [0.1, 0.15) is 50.7 Å². The molecule has 0 N–H and O–H groups in total. The van der Waals surface area contributed by atoms with Crippen molar-refractivity contribution in [1.29, 1.82) is 0 Å². The summed E-state index contributed by atoms with van der Waals surface area (Å²) in [7, 11) is 0. The first-order chi connectivity index (χ1) is 10.6. The fraction of sp³-hybridized carbons (Fsp3) is 0.375. The van der Waals surface area contributed by atoms with E-state index in [-0.39, 0.29) is 0 Å². The number of hydrogen-bond acceptors (Lipinski definition) is 6. The van der Waals surface area contributed by atoms with E-state index in [9.17, 15) is 0 Å². The summed E-state index contributed by atoms with van der Waals surface area (Å²) >= 11 is 0. The predicted octanol–water partition coefficient (Wildman–Crippen LogP) is 4.16. The third-order valence-corrected chi connectivity index (χ3v) is 4.17. The van der Waals surface area contributed by atoms with Crippen LogP contribution in [0, 0.1) is 0 Å². The highest BCUT2D eigenvalue weighted by Gasteiger charge is 2.20. The number of fused-ring (bicyclic) bond motifs is 5. The van der Waals surface area contributed by atoms with Gasteiger partial charge in [0.15, 0.2) is 0 Å². The minimum absolute atomic E-state index is 0.304. The highest BCUT2D eigenvalue weighted by atomic mass is 16.6. The van der Waals surface area contributed by atoms with E-state index < -0.39 is 0 Å². The molecule has 2 heterocycles. The molecule has 0 bridgehead atoms. The number of nitrogens with zero attached hydrogens (tertiary/aromatic N) is 4. The average Bonchev–Trinajstić information content (AvgIpc) is 3.13. The van der Waals surface area contributed by atoms with E-state index in [1.165, 1.54) is 0 Å². The van der Waals surface area contributed by atoms with Crippen molar-refractivity contribution in [2.24, 2.45) is 0 Å². The fourth-order valence-corrected chi connectivity index (χ4v) is 2.98. The molecule has 0 atom stereocenters. The normalized spacial score (nSPS) is 12.5. The second-order valence-electron chi connectivity index (χ2n) is 6.26. The smallest absolute Gasteiger partial charge is 0.143 e. The summed E-state index contributed by atoms with van der Waals surface area (Å²) in [5, 5.41) is 18.4. The quantitative estimate of drug-likeness (QED) is 0.552. The third kappa shape index (κ3) is 1.66. The van der Waals surface area contributed by atoms with Crippen LogP contribution < -0.4 is 0 Å². The van der Waals surface area contributed by atoms with Crippen LogP contribution in [0.2, 0.25) is 0 Å². The van der Waals surface area contributed by atoms with Gasteiger partial charge in [0.25, 0.3) is 0 Å². The monoisotopic (exact) mass is 296 g/mol. The molecule has 0 aliphatic heterocycles. The van der Waals surface area contributed by atoms with Crippen LogP contribution in [0.15, 0.2) is 21.4 Å². The molecule has 0 amide bonds. The molecule has 0 aliphatic rings. The van der Waals surface area contributed by atoms with Gasteiger partial charge in [-0.25, -0.2) is 9.26 Å². The summed E-state index contributed by atoms with van der Waals surface area (Å²) in [5.74, 6) is 0.608. The summed E-state index contributed by atoms with van der Waals surface area (Å²) in [5.41, 5.74) is 5.35. The van der Waals surface area contributed by atoms with Gasteiger partial charge >= 0.3 is 0 Å². The van der Waals surface area contributed by atoms with E-state index in [0.717, 1.165) is 44.0 Å². The number of benzene rings is 2. The van der Waals surface area contributed by atoms with E-state index in [1.54, 1.807) is 0 Å². The van der Waals surface area contributed by atoms with Crippen LogP contribution in [-0.2, 0) is 0 Å². The maximum atomic E-state index is 5.00. The Labute approximate surface area is 126 Å². The number of hydrogen-bond donors (Lipinski definition) is 0. The summed E-state index contributed by atoms with van der Waals surface area (Å²) in [6.07, 6.45) is 0. The summed E-state index contributed by atoms with van der Waals surface area (Å²) in [6, 6.07) is 4.20. The van der Waals surface area contributed by atoms with Gasteiger partial charge in [-0.05, 0) is 55.7 Å². The van der Waals surface area contributed by atoms with Crippen molar-refractivity contribution in [1.82, 2.24) is 20.6 Å². The summed E-state index contributed by atoms with van der Waals surface area (Å²) in [4.78, 5) is 0. The molecule has 112 valence electrons. The lowest BCUT2D eigenvalue weighted by Crippen LogP contribution is -1.95. The Morgan fingerprint density at radius 1 is 0.636 bits per heavy atom. The van der Waals surface area contributed by atoms with E-state index in [2.05, 4.69) is 60.5 Å². The summed E-state index contributed by atoms with van der Waals surface area (Å²) < 4.78 is 10.00. The maximum Gasteiger partial charge on any atom is 0.143 e. The van der Waals surface area contributed by atoms with Gasteiger partial charge in [-0.3, -0.25) is 0 Å². The van der Waals surface area contributed by atoms with Crippen LogP contribution in [0.25, 0.3) is 32.8 Å². The van der Waals surface area contributed by atoms with Crippen LogP contribution in [0.5, 0.6) is 0 Å². The second-order valence-corrected chi connectivity index (χ2v) is 6.26. The maximum absolute atomic E-state index is 5.00. The summed E-state index contributed by atoms with van der Waals surface area (Å²) in [6.45, 7) is 8.48. The van der Waals surface area contributed by atoms with Gasteiger partial charge in [0.2, 0.25) is 0 Å². The highest BCUT2D eigenvalue weighted by molar-refractivity contribution is 6.15. The van der Waals surface area contributed by atoms with Gasteiger partial charge in [-0.15, -0.1) is 0 Å². The highest BCUT2D eigenvalue weighted by Crippen LogP contribution is 2.36. The standard InChI is InChI=1S/C16H16N4O2/c1-7(2)9-5-11-12(15-13(9)17-21-19-15)6-10(8(3)4)14-16(11)20-22-18-14/h5-8H,1-4H3. The predicted molar refractivity (Wildman–Crippen MR) is 82.9 cm³/mol. The van der Waals surface area contributed by atoms with E-state index in [1.807, 2.05) is 0 Å². The SMILES string of the molecule is CC(C)c1cc2c(cc(C(C)C)c3nonc32)c2nonc12. The van der Waals surface area contributed by atoms with Crippen molar-refractivity contribution in [3.05, 3.63) is 23.3 Å². The second kappa shape index (κ2) is 4.50. The molecule has 6 nitrogen and oxygen atoms in total. The van der Waals surface area contributed by atoms with Gasteiger partial charge in [0.1, 0.15) is 22.1 Å². The average molecular weight is 296 g/mol. The Morgan fingerprint density at radius 2 is 1.00 bits per heavy atom. The molecule has 22 heavy (non-hydrogen) atoms. The zero-order valence-electron chi connectivity index (χ0n) is 12.9. The zero-order valence-corrected chi connectivity index (χ0v) is 12.9. The van der Waals surface area contributed by atoms with E-state index >= 15 is 0 Å². The Bertz CT molecular complexity index is 916. The third-order valence-electron chi connectivity index (χ3n) is 4.17. The first-order valence-corrected chi connectivity index (χ1v) is 7.42. The van der Waals surface area contributed by atoms with Crippen molar-refractivity contribution in [3.8, 4) is 0 Å². The molecule has 0 radical (unpaired) electrons. The zero-order chi connectivity index (χ0) is 15.4. The van der Waals surface area contributed by atoms with Gasteiger partial charge < -0.3 is 0 Å². The van der Waals surface area contributed by atoms with Gasteiger partial charge in [0, 0.05) is 10.8 Å². The molecule has 0 fully saturated rings. The Morgan fingerprint density at radius 3 is 1.36 bits per heavy atom. The molecule has 0 aliphatic carbocycles. The minimum atomic E-state index is 0.304. The Kier molecular flexibility index (Phi) is 2.69. The van der Waals surface area contributed by atoms with E-state index in [0.29, 0.717) is 11.8 Å². The molecule has 0 spiro atoms. The van der Waals surface area contributed by atoms with Crippen molar-refractivity contribution < 1.29 is 9.26 Å². The van der Waals surface area contributed by atoms with Crippen molar-refractivity contribution in [2.75, 3.05) is 0 Å². The number of rotatable bonds is 2. The lowest BCUT2D eigenvalue weighted by molar-refractivity contribution is 0.315. The fourth-order valence-electron chi connectivity index (χ4n) is 2.98. The molecule has 2 aromatic carbocycles. The molecule has 4 aromatic rings. The molecule has 0 saturated heterocycles.